The van der Waals surface area contributed by atoms with Crippen molar-refractivity contribution in [3.05, 3.63) is 278 Å². The standard InChI is InChI=1S/3C22H30.C20H26/c1-6-18-11-10-17(13-20(18)8-3)14-22-15-21(9-4)19(7-2)12-16(22)5;1-6-17-10-11-21(19(8-3)13-17)15-22-16(5)12-18(7-2)14-20(22)9-4;1-6-17-10-11-21(16(5)12-17)15-18-13-19(7-2)22(9-4)20(8-3)14-18;1-5-16-8-11-20(19(7-3)13-16)14-17-9-10-18(6-2)15(4)12-17/h10-13,15H,6-9,14H2,1-5H3;2*10-14H,6-9,15H2,1-5H3;8-13H,5-7,14H2,1-4H3. The van der Waals surface area contributed by atoms with E-state index in [1.165, 1.54) is 128 Å². The molecule has 0 aliphatic rings. The summed E-state index contributed by atoms with van der Waals surface area (Å²) in [6, 6.07) is 49.5. The molecule has 0 heteroatoms. The second-order valence-electron chi connectivity index (χ2n) is 24.3. The van der Waals surface area contributed by atoms with Gasteiger partial charge in [0.15, 0.2) is 0 Å². The largest absolute Gasteiger partial charge is 0.0613 e. The molecular weight excluding hydrogens is 1030 g/mol. The lowest BCUT2D eigenvalue weighted by molar-refractivity contribution is 0.965. The SMILES string of the molecule is CCc1ccc(Cc2c(C)cc(CC)cc2CC)c(CC)c1.CCc1ccc(Cc2cc(CC)c(CC)c(CC)c2)c(C)c1.CCc1ccc(Cc2cc(CC)c(CC)cc2C)cc1CC.CCc1ccc(Cc2ccc(CC)c(C)c2)c(CC)c1. The molecule has 0 N–H and O–H groups in total. The molecule has 0 radical (unpaired) electrons. The van der Waals surface area contributed by atoms with Crippen molar-refractivity contribution < 1.29 is 0 Å². The molecule has 8 aromatic carbocycles. The lowest BCUT2D eigenvalue weighted by Crippen LogP contribution is -2.03. The lowest BCUT2D eigenvalue weighted by atomic mass is 9.89. The number of hydrogen-bond donors (Lipinski definition) is 0. The van der Waals surface area contributed by atoms with E-state index >= 15 is 0 Å². The molecule has 0 unspecified atom stereocenters. The molecule has 0 amide bonds. The van der Waals surface area contributed by atoms with Crippen LogP contribution in [-0.4, -0.2) is 0 Å². The van der Waals surface area contributed by atoms with Crippen molar-refractivity contribution >= 4 is 0 Å². The van der Waals surface area contributed by atoms with E-state index in [1.807, 2.05) is 0 Å². The first-order valence-electron chi connectivity index (χ1n) is 34.4. The first-order valence-corrected chi connectivity index (χ1v) is 34.4. The third-order valence-electron chi connectivity index (χ3n) is 18.8. The Hall–Kier alpha value is -6.24. The zero-order valence-corrected chi connectivity index (χ0v) is 58.1. The Kier molecular flexibility index (Phi) is 29.7. The molecule has 8 rings (SSSR count). The molecule has 0 aliphatic heterocycles. The third kappa shape index (κ3) is 19.6. The molecule has 0 heterocycles. The van der Waals surface area contributed by atoms with Crippen LogP contribution in [0.5, 0.6) is 0 Å². The van der Waals surface area contributed by atoms with Crippen LogP contribution in [0.2, 0.25) is 0 Å². The van der Waals surface area contributed by atoms with Crippen LogP contribution in [0.3, 0.4) is 0 Å². The van der Waals surface area contributed by atoms with E-state index in [9.17, 15) is 0 Å². The number of benzene rings is 8. The van der Waals surface area contributed by atoms with Gasteiger partial charge in [-0.15, -0.1) is 0 Å². The average molecular weight is 1150 g/mol. The van der Waals surface area contributed by atoms with Crippen LogP contribution < -0.4 is 0 Å². The van der Waals surface area contributed by atoms with Gasteiger partial charge >= 0.3 is 0 Å². The molecule has 0 atom stereocenters. The molecule has 0 saturated carbocycles. The highest BCUT2D eigenvalue weighted by molar-refractivity contribution is 5.47. The summed E-state index contributed by atoms with van der Waals surface area (Å²) in [5, 5.41) is 0. The van der Waals surface area contributed by atoms with E-state index in [1.54, 1.807) is 22.3 Å². The Morgan fingerprint density at radius 3 is 0.942 bits per heavy atom. The topological polar surface area (TPSA) is 0 Å². The summed E-state index contributed by atoms with van der Waals surface area (Å²) >= 11 is 0. The summed E-state index contributed by atoms with van der Waals surface area (Å²) in [7, 11) is 0. The highest BCUT2D eigenvalue weighted by Gasteiger charge is 2.14. The monoisotopic (exact) mass is 1150 g/mol. The minimum atomic E-state index is 1.05. The van der Waals surface area contributed by atoms with Gasteiger partial charge in [-0.3, -0.25) is 0 Å². The maximum atomic E-state index is 2.44. The van der Waals surface area contributed by atoms with Gasteiger partial charge in [0.05, 0.1) is 0 Å². The fourth-order valence-corrected chi connectivity index (χ4v) is 13.1. The summed E-state index contributed by atoms with van der Waals surface area (Å²) in [6.45, 7) is 42.8. The minimum absolute atomic E-state index is 1.05. The van der Waals surface area contributed by atoms with Gasteiger partial charge < -0.3 is 0 Å². The minimum Gasteiger partial charge on any atom is -0.0613 e. The molecule has 0 fully saturated rings. The molecule has 0 aliphatic carbocycles. The van der Waals surface area contributed by atoms with Crippen LogP contribution in [0.25, 0.3) is 0 Å². The van der Waals surface area contributed by atoms with Gasteiger partial charge in [-0.1, -0.05) is 231 Å². The molecule has 0 spiro atoms. The predicted octanol–water partition coefficient (Wildman–Crippen LogP) is 22.8. The van der Waals surface area contributed by atoms with Gasteiger partial charge in [-0.2, -0.15) is 0 Å². The molecule has 8 aromatic rings. The quantitative estimate of drug-likeness (QED) is 0.0599. The molecule has 0 saturated heterocycles. The van der Waals surface area contributed by atoms with Crippen molar-refractivity contribution in [1.29, 1.82) is 0 Å². The van der Waals surface area contributed by atoms with Gasteiger partial charge in [-0.25, -0.2) is 0 Å². The third-order valence-corrected chi connectivity index (χ3v) is 18.8. The molecule has 0 aromatic heterocycles. The van der Waals surface area contributed by atoms with Gasteiger partial charge in [0.2, 0.25) is 0 Å². The Labute approximate surface area is 528 Å². The van der Waals surface area contributed by atoms with Crippen molar-refractivity contribution in [3.8, 4) is 0 Å². The maximum Gasteiger partial charge on any atom is -0.00177 e. The zero-order chi connectivity index (χ0) is 62.9. The van der Waals surface area contributed by atoms with E-state index in [0.717, 1.165) is 122 Å². The Bertz CT molecular complexity index is 3360. The molecular formula is C86H116. The average Bonchev–Trinajstić information content (AvgIpc) is 2.86. The fraction of sp³-hybridized carbons (Fsp3) is 0.442. The summed E-state index contributed by atoms with van der Waals surface area (Å²) in [6.07, 6.45) is 21.2. The van der Waals surface area contributed by atoms with E-state index in [-0.39, 0.29) is 0 Å². The first kappa shape index (κ1) is 70.5. The summed E-state index contributed by atoms with van der Waals surface area (Å²) in [5.41, 5.74) is 40.1. The summed E-state index contributed by atoms with van der Waals surface area (Å²) < 4.78 is 0. The normalized spacial score (nSPS) is 10.9. The van der Waals surface area contributed by atoms with E-state index < -0.39 is 0 Å². The van der Waals surface area contributed by atoms with Crippen molar-refractivity contribution in [2.75, 3.05) is 0 Å². The smallest absolute Gasteiger partial charge is 0.00177 e. The fourth-order valence-electron chi connectivity index (χ4n) is 13.1. The van der Waals surface area contributed by atoms with Crippen LogP contribution in [0.4, 0.5) is 0 Å². The van der Waals surface area contributed by atoms with Crippen molar-refractivity contribution in [2.24, 2.45) is 0 Å². The first-order chi connectivity index (χ1) is 41.5. The van der Waals surface area contributed by atoms with Gasteiger partial charge in [0.25, 0.3) is 0 Å². The van der Waals surface area contributed by atoms with Gasteiger partial charge in [-0.05, 0) is 300 Å². The zero-order valence-electron chi connectivity index (χ0n) is 58.1. The Balaban J connectivity index is 0.000000209. The number of hydrogen-bond acceptors (Lipinski definition) is 0. The second-order valence-corrected chi connectivity index (χ2v) is 24.3. The predicted molar refractivity (Wildman–Crippen MR) is 382 cm³/mol. The van der Waals surface area contributed by atoms with Gasteiger partial charge in [0, 0.05) is 0 Å². The van der Waals surface area contributed by atoms with Crippen LogP contribution >= 0.6 is 0 Å². The van der Waals surface area contributed by atoms with Crippen LogP contribution in [-0.2, 0) is 122 Å². The number of aryl methyl sites for hydroxylation is 18. The van der Waals surface area contributed by atoms with Crippen molar-refractivity contribution in [3.63, 3.8) is 0 Å². The molecule has 0 bridgehead atoms. The maximum absolute atomic E-state index is 2.44. The number of rotatable bonds is 23. The second kappa shape index (κ2) is 36.2. The van der Waals surface area contributed by atoms with Crippen LogP contribution in [0.1, 0.15) is 254 Å². The molecule has 460 valence electrons. The Morgan fingerprint density at radius 2 is 0.465 bits per heavy atom. The Morgan fingerprint density at radius 1 is 0.163 bits per heavy atom. The van der Waals surface area contributed by atoms with Gasteiger partial charge in [0.1, 0.15) is 0 Å². The van der Waals surface area contributed by atoms with Crippen LogP contribution in [0, 0.1) is 27.7 Å². The highest BCUT2D eigenvalue weighted by atomic mass is 14.2. The van der Waals surface area contributed by atoms with Crippen LogP contribution in [0.15, 0.2) is 127 Å². The highest BCUT2D eigenvalue weighted by Crippen LogP contribution is 2.28. The van der Waals surface area contributed by atoms with Crippen molar-refractivity contribution in [2.45, 2.75) is 254 Å². The summed E-state index contributed by atoms with van der Waals surface area (Å²) in [4.78, 5) is 0. The molecule has 86 heavy (non-hydrogen) atoms. The molecule has 0 nitrogen and oxygen atoms in total. The van der Waals surface area contributed by atoms with E-state index in [0.29, 0.717) is 0 Å². The van der Waals surface area contributed by atoms with E-state index in [2.05, 4.69) is 259 Å². The lowest BCUT2D eigenvalue weighted by Gasteiger charge is -2.16. The van der Waals surface area contributed by atoms with E-state index in [4.69, 9.17) is 0 Å². The summed E-state index contributed by atoms with van der Waals surface area (Å²) in [5.74, 6) is 0. The van der Waals surface area contributed by atoms with Crippen molar-refractivity contribution in [1.82, 2.24) is 0 Å².